The maximum atomic E-state index is 14.1. The number of hydrogen-bond acceptors (Lipinski definition) is 4. The summed E-state index contributed by atoms with van der Waals surface area (Å²) in [5.41, 5.74) is 0.748. The van der Waals surface area contributed by atoms with E-state index < -0.39 is 52.8 Å². The molecule has 1 saturated carbocycles. The molecule has 12 heteroatoms. The van der Waals surface area contributed by atoms with Gasteiger partial charge in [0.1, 0.15) is 17.5 Å². The maximum absolute atomic E-state index is 14.1. The molecule has 0 radical (unpaired) electrons. The number of fused-ring (bicyclic) bond motifs is 1. The van der Waals surface area contributed by atoms with E-state index in [0.717, 1.165) is 29.8 Å². The lowest BCUT2D eigenvalue weighted by Gasteiger charge is -2.35. The third-order valence-corrected chi connectivity index (χ3v) is 9.64. The quantitative estimate of drug-likeness (QED) is 0.150. The molecule has 6 rings (SSSR count). The van der Waals surface area contributed by atoms with E-state index in [2.05, 4.69) is 10.6 Å². The molecule has 1 fully saturated rings. The van der Waals surface area contributed by atoms with Gasteiger partial charge in [0.2, 0.25) is 0 Å². The molecule has 3 N–H and O–H groups in total. The second kappa shape index (κ2) is 13.9. The highest BCUT2D eigenvalue weighted by atomic mass is 19.4. The van der Waals surface area contributed by atoms with Crippen LogP contribution in [-0.4, -0.2) is 47.1 Å². The van der Waals surface area contributed by atoms with Crippen LogP contribution >= 0.6 is 0 Å². The highest BCUT2D eigenvalue weighted by molar-refractivity contribution is 6.03. The van der Waals surface area contributed by atoms with Gasteiger partial charge in [0.05, 0.1) is 23.8 Å². The Labute approximate surface area is 285 Å². The summed E-state index contributed by atoms with van der Waals surface area (Å²) < 4.78 is 82.0. The molecule has 0 spiro atoms. The van der Waals surface area contributed by atoms with Crippen LogP contribution in [0.4, 0.5) is 26.3 Å². The lowest BCUT2D eigenvalue weighted by Crippen LogP contribution is -2.50. The summed E-state index contributed by atoms with van der Waals surface area (Å²) in [4.78, 5) is 29.1. The molecule has 0 aromatic heterocycles. The van der Waals surface area contributed by atoms with Crippen molar-refractivity contribution in [3.63, 3.8) is 0 Å². The van der Waals surface area contributed by atoms with Crippen LogP contribution in [0.15, 0.2) is 84.9 Å². The molecule has 50 heavy (non-hydrogen) atoms. The first-order chi connectivity index (χ1) is 23.7. The van der Waals surface area contributed by atoms with Gasteiger partial charge in [-0.2, -0.15) is 13.2 Å². The maximum Gasteiger partial charge on any atom is 0.416 e. The van der Waals surface area contributed by atoms with E-state index in [1.165, 1.54) is 18.2 Å². The van der Waals surface area contributed by atoms with Crippen LogP contribution in [0.5, 0.6) is 0 Å². The largest absolute Gasteiger partial charge is 0.416 e. The van der Waals surface area contributed by atoms with Gasteiger partial charge in [-0.25, -0.2) is 13.2 Å². The number of amides is 2. The average Bonchev–Trinajstić information content (AvgIpc) is 3.87. The number of rotatable bonds is 11. The number of nitrogens with one attached hydrogen (secondary N) is 2. The second-order valence-corrected chi connectivity index (χ2v) is 13.0. The zero-order chi connectivity index (χ0) is 35.8. The van der Waals surface area contributed by atoms with E-state index in [9.17, 15) is 41.0 Å². The van der Waals surface area contributed by atoms with Gasteiger partial charge in [0.15, 0.2) is 0 Å². The summed E-state index contributed by atoms with van der Waals surface area (Å²) in [6.07, 6.45) is -4.65. The predicted molar refractivity (Wildman–Crippen MR) is 174 cm³/mol. The van der Waals surface area contributed by atoms with Crippen molar-refractivity contribution in [3.8, 4) is 0 Å². The minimum atomic E-state index is -4.53. The van der Waals surface area contributed by atoms with E-state index in [1.807, 2.05) is 6.92 Å². The van der Waals surface area contributed by atoms with Crippen molar-refractivity contribution in [2.45, 2.75) is 62.5 Å². The predicted octanol–water partition coefficient (Wildman–Crippen LogP) is 6.86. The minimum Gasteiger partial charge on any atom is -0.390 e. The normalized spacial score (nSPS) is 17.1. The summed E-state index contributed by atoms with van der Waals surface area (Å²) in [5.74, 6) is -2.99. The van der Waals surface area contributed by atoms with Crippen LogP contribution in [0.25, 0.3) is 0 Å². The van der Waals surface area contributed by atoms with Crippen molar-refractivity contribution in [2.24, 2.45) is 0 Å². The summed E-state index contributed by atoms with van der Waals surface area (Å²) >= 11 is 0. The Morgan fingerprint density at radius 3 is 2.26 bits per heavy atom. The summed E-state index contributed by atoms with van der Waals surface area (Å²) in [6, 6.07) is 17.0. The third-order valence-electron chi connectivity index (χ3n) is 9.64. The summed E-state index contributed by atoms with van der Waals surface area (Å²) in [7, 11) is 0. The van der Waals surface area contributed by atoms with Crippen molar-refractivity contribution in [1.82, 2.24) is 15.5 Å². The van der Waals surface area contributed by atoms with Crippen LogP contribution in [0.2, 0.25) is 0 Å². The highest BCUT2D eigenvalue weighted by Crippen LogP contribution is 2.46. The SMILES string of the molecule is CC(c1ccc(F)cc1)N1CCc2c(C(=O)NC(Cc3cc(F)cc(F)c3)C(O)CNC3(c4cccc(C(F)(F)F)c4)CC3)cccc2C1=O. The van der Waals surface area contributed by atoms with Crippen LogP contribution < -0.4 is 10.6 Å². The van der Waals surface area contributed by atoms with E-state index in [1.54, 1.807) is 41.3 Å². The van der Waals surface area contributed by atoms with Gasteiger partial charge in [0.25, 0.3) is 11.8 Å². The first-order valence-electron chi connectivity index (χ1n) is 16.3. The first kappa shape index (κ1) is 35.2. The zero-order valence-corrected chi connectivity index (χ0v) is 27.0. The third kappa shape index (κ3) is 7.56. The molecule has 4 aromatic rings. The molecule has 0 saturated heterocycles. The van der Waals surface area contributed by atoms with Gasteiger partial charge in [-0.15, -0.1) is 0 Å². The standard InChI is InChI=1S/C38H35F6N3O3/c1-22(24-8-10-27(39)11-9-24)47-15-12-30-31(6-3-7-32(30)36(47)50)35(49)46-33(18-23-16-28(40)20-29(41)17-23)34(48)21-45-37(13-14-37)25-4-2-5-26(19-25)38(42,43)44/h2-11,16-17,19-20,22,33-34,45,48H,12-15,18,21H2,1H3,(H,46,49). The van der Waals surface area contributed by atoms with Crippen molar-refractivity contribution < 1.29 is 41.0 Å². The Morgan fingerprint density at radius 1 is 0.920 bits per heavy atom. The average molecular weight is 696 g/mol. The molecule has 1 aliphatic carbocycles. The van der Waals surface area contributed by atoms with Crippen molar-refractivity contribution >= 4 is 11.8 Å². The molecule has 262 valence electrons. The number of hydrogen-bond donors (Lipinski definition) is 3. The van der Waals surface area contributed by atoms with Gasteiger partial charge in [-0.3, -0.25) is 9.59 Å². The van der Waals surface area contributed by atoms with Crippen molar-refractivity contribution in [3.05, 3.63) is 141 Å². The van der Waals surface area contributed by atoms with Crippen LogP contribution in [0, 0.1) is 17.5 Å². The minimum absolute atomic E-state index is 0.152. The monoisotopic (exact) mass is 695 g/mol. The van der Waals surface area contributed by atoms with E-state index in [-0.39, 0.29) is 42.6 Å². The topological polar surface area (TPSA) is 81.7 Å². The fourth-order valence-corrected chi connectivity index (χ4v) is 6.69. The Morgan fingerprint density at radius 2 is 1.60 bits per heavy atom. The molecule has 2 amide bonds. The van der Waals surface area contributed by atoms with Gasteiger partial charge >= 0.3 is 6.18 Å². The molecule has 3 atom stereocenters. The van der Waals surface area contributed by atoms with E-state index in [4.69, 9.17) is 0 Å². The summed E-state index contributed by atoms with van der Waals surface area (Å²) in [6.45, 7) is 1.96. The van der Waals surface area contributed by atoms with Crippen LogP contribution in [0.3, 0.4) is 0 Å². The Hall–Kier alpha value is -4.68. The number of halogens is 6. The van der Waals surface area contributed by atoms with Gasteiger partial charge in [-0.05, 0) is 103 Å². The molecule has 1 aliphatic heterocycles. The highest BCUT2D eigenvalue weighted by Gasteiger charge is 2.45. The molecular formula is C38H35F6N3O3. The lowest BCUT2D eigenvalue weighted by atomic mass is 9.91. The molecular weight excluding hydrogens is 660 g/mol. The number of benzene rings is 4. The number of aliphatic hydroxyl groups is 1. The van der Waals surface area contributed by atoms with Crippen LogP contribution in [-0.2, 0) is 24.6 Å². The number of alkyl halides is 3. The van der Waals surface area contributed by atoms with E-state index in [0.29, 0.717) is 42.0 Å². The van der Waals surface area contributed by atoms with Crippen molar-refractivity contribution in [1.29, 1.82) is 0 Å². The zero-order valence-electron chi connectivity index (χ0n) is 27.0. The number of carbonyl (C=O) groups excluding carboxylic acids is 2. The van der Waals surface area contributed by atoms with E-state index >= 15 is 0 Å². The van der Waals surface area contributed by atoms with Gasteiger partial charge in [0, 0.05) is 35.8 Å². The molecule has 2 aliphatic rings. The summed E-state index contributed by atoms with van der Waals surface area (Å²) in [5, 5.41) is 17.4. The number of nitrogens with zero attached hydrogens (tertiary/aromatic N) is 1. The second-order valence-electron chi connectivity index (χ2n) is 13.0. The Kier molecular flexibility index (Phi) is 9.78. The molecule has 3 unspecified atom stereocenters. The van der Waals surface area contributed by atoms with Crippen LogP contribution in [0.1, 0.15) is 74.3 Å². The van der Waals surface area contributed by atoms with Gasteiger partial charge < -0.3 is 20.6 Å². The molecule has 6 nitrogen and oxygen atoms in total. The molecule has 1 heterocycles. The fraction of sp³-hybridized carbons (Fsp3) is 0.316. The van der Waals surface area contributed by atoms with Gasteiger partial charge in [-0.1, -0.05) is 30.3 Å². The molecule has 0 bridgehead atoms. The number of aliphatic hydroxyl groups excluding tert-OH is 1. The molecule has 4 aromatic carbocycles. The first-order valence-corrected chi connectivity index (χ1v) is 16.3. The number of carbonyl (C=O) groups is 2. The fourth-order valence-electron chi connectivity index (χ4n) is 6.69. The van der Waals surface area contributed by atoms with Crippen molar-refractivity contribution in [2.75, 3.05) is 13.1 Å². The Bertz CT molecular complexity index is 1870. The lowest BCUT2D eigenvalue weighted by molar-refractivity contribution is -0.137. The Balaban J connectivity index is 1.22. The smallest absolute Gasteiger partial charge is 0.390 e.